The molecule has 1 saturated heterocycles. The monoisotopic (exact) mass is 531 g/mol. The number of carbonyl (C=O) groups excluding carboxylic acids is 3. The maximum atomic E-state index is 13.5. The van der Waals surface area contributed by atoms with Crippen molar-refractivity contribution in [2.75, 3.05) is 18.6 Å². The molecular weight excluding hydrogens is 498 g/mol. The molecule has 0 aromatic heterocycles. The number of aliphatic carboxylic acids is 1. The van der Waals surface area contributed by atoms with Gasteiger partial charge in [0.15, 0.2) is 0 Å². The van der Waals surface area contributed by atoms with Gasteiger partial charge in [-0.05, 0) is 61.1 Å². The van der Waals surface area contributed by atoms with E-state index in [2.05, 4.69) is 10.6 Å². The topological polar surface area (TPSA) is 125 Å². The van der Waals surface area contributed by atoms with Crippen LogP contribution in [0, 0.1) is 11.3 Å². The van der Waals surface area contributed by atoms with Gasteiger partial charge in [0.2, 0.25) is 11.8 Å². The Balaban J connectivity index is 1.28. The summed E-state index contributed by atoms with van der Waals surface area (Å²) in [7, 11) is 1.60. The highest BCUT2D eigenvalue weighted by Crippen LogP contribution is 2.41. The molecule has 0 bridgehead atoms. The van der Waals surface area contributed by atoms with Crippen molar-refractivity contribution in [1.82, 2.24) is 10.6 Å². The van der Waals surface area contributed by atoms with Gasteiger partial charge in [-0.25, -0.2) is 9.69 Å². The van der Waals surface area contributed by atoms with Crippen molar-refractivity contribution in [2.45, 2.75) is 51.0 Å². The number of ether oxygens (including phenoxy) is 1. The first-order valence-corrected chi connectivity index (χ1v) is 13.4. The summed E-state index contributed by atoms with van der Waals surface area (Å²) in [5.41, 5.74) is 1.96. The lowest BCUT2D eigenvalue weighted by atomic mass is 9.78. The van der Waals surface area contributed by atoms with Crippen molar-refractivity contribution in [1.29, 1.82) is 0 Å². The molecule has 2 aromatic carbocycles. The lowest BCUT2D eigenvalue weighted by Gasteiger charge is -2.30. The number of carboxylic acids is 1. The van der Waals surface area contributed by atoms with Crippen LogP contribution in [0.3, 0.4) is 0 Å². The Labute approximate surface area is 227 Å². The maximum Gasteiger partial charge on any atom is 0.326 e. The van der Waals surface area contributed by atoms with Crippen LogP contribution in [0.4, 0.5) is 5.69 Å². The van der Waals surface area contributed by atoms with E-state index in [-0.39, 0.29) is 24.1 Å². The van der Waals surface area contributed by atoms with Gasteiger partial charge in [0.25, 0.3) is 5.91 Å². The minimum Gasteiger partial charge on any atom is -0.497 e. The SMILES string of the molecule is COc1ccc(CC2(C(=O)N[C@@H](Cc3ccc(N4C(=O)C5=CNCC[C@@H]5C4=O)cc3)C(=O)O)CCCC2)cc1. The quantitative estimate of drug-likeness (QED) is 0.425. The van der Waals surface area contributed by atoms with Crippen LogP contribution in [0.25, 0.3) is 0 Å². The fraction of sp³-hybridized carbons (Fsp3) is 0.400. The van der Waals surface area contributed by atoms with E-state index in [0.29, 0.717) is 49.1 Å². The van der Waals surface area contributed by atoms with Crippen LogP contribution in [0.2, 0.25) is 0 Å². The average Bonchev–Trinajstić information content (AvgIpc) is 3.52. The zero-order valence-corrected chi connectivity index (χ0v) is 21.9. The average molecular weight is 532 g/mol. The molecule has 0 radical (unpaired) electrons. The minimum absolute atomic E-state index is 0.0829. The molecule has 3 amide bonds. The molecule has 9 nitrogen and oxygen atoms in total. The fourth-order valence-electron chi connectivity index (χ4n) is 5.96. The molecule has 3 aliphatic rings. The normalized spacial score (nSPS) is 20.6. The van der Waals surface area contributed by atoms with E-state index in [9.17, 15) is 24.3 Å². The molecule has 2 aromatic rings. The first-order valence-electron chi connectivity index (χ1n) is 13.4. The van der Waals surface area contributed by atoms with E-state index in [1.807, 2.05) is 24.3 Å². The highest BCUT2D eigenvalue weighted by atomic mass is 16.5. The summed E-state index contributed by atoms with van der Waals surface area (Å²) in [4.78, 5) is 52.5. The summed E-state index contributed by atoms with van der Waals surface area (Å²) in [6, 6.07) is 13.2. The Morgan fingerprint density at radius 3 is 2.36 bits per heavy atom. The number of carbonyl (C=O) groups is 4. The van der Waals surface area contributed by atoms with Crippen LogP contribution in [-0.4, -0.2) is 48.5 Å². The summed E-state index contributed by atoms with van der Waals surface area (Å²) in [5, 5.41) is 15.8. The number of hydrogen-bond acceptors (Lipinski definition) is 6. The summed E-state index contributed by atoms with van der Waals surface area (Å²) in [5.74, 6) is -1.61. The summed E-state index contributed by atoms with van der Waals surface area (Å²) in [6.07, 6.45) is 6.07. The molecule has 2 aliphatic heterocycles. The van der Waals surface area contributed by atoms with E-state index >= 15 is 0 Å². The van der Waals surface area contributed by atoms with Crippen LogP contribution in [0.5, 0.6) is 5.75 Å². The molecule has 1 saturated carbocycles. The number of nitrogens with one attached hydrogen (secondary N) is 2. The fourth-order valence-corrected chi connectivity index (χ4v) is 5.96. The highest BCUT2D eigenvalue weighted by molar-refractivity contribution is 6.29. The largest absolute Gasteiger partial charge is 0.497 e. The van der Waals surface area contributed by atoms with E-state index in [4.69, 9.17) is 4.74 Å². The van der Waals surface area contributed by atoms with Crippen LogP contribution in [0.15, 0.2) is 60.3 Å². The molecule has 39 heavy (non-hydrogen) atoms. The molecule has 0 spiro atoms. The second-order valence-electron chi connectivity index (χ2n) is 10.6. The van der Waals surface area contributed by atoms with E-state index in [1.165, 1.54) is 4.90 Å². The minimum atomic E-state index is -1.11. The zero-order valence-electron chi connectivity index (χ0n) is 21.9. The lowest BCUT2D eigenvalue weighted by Crippen LogP contribution is -2.49. The zero-order chi connectivity index (χ0) is 27.6. The highest BCUT2D eigenvalue weighted by Gasteiger charge is 2.45. The van der Waals surface area contributed by atoms with Crippen molar-refractivity contribution in [3.8, 4) is 5.75 Å². The summed E-state index contributed by atoms with van der Waals surface area (Å²) >= 11 is 0. The van der Waals surface area contributed by atoms with Crippen molar-refractivity contribution < 1.29 is 29.0 Å². The Kier molecular flexibility index (Phi) is 7.41. The Morgan fingerprint density at radius 2 is 1.74 bits per heavy atom. The number of imide groups is 1. The second kappa shape index (κ2) is 10.9. The van der Waals surface area contributed by atoms with Crippen LogP contribution < -0.4 is 20.3 Å². The predicted octanol–water partition coefficient (Wildman–Crippen LogP) is 2.98. The third-order valence-corrected chi connectivity index (χ3v) is 8.16. The number of benzene rings is 2. The molecule has 9 heteroatoms. The van der Waals surface area contributed by atoms with Gasteiger partial charge in [-0.2, -0.15) is 0 Å². The number of carboxylic acid groups (broad SMARTS) is 1. The Hall–Kier alpha value is -4.14. The van der Waals surface area contributed by atoms with Crippen molar-refractivity contribution in [3.05, 3.63) is 71.4 Å². The van der Waals surface area contributed by atoms with E-state index in [1.54, 1.807) is 37.6 Å². The van der Waals surface area contributed by atoms with Gasteiger partial charge in [-0.15, -0.1) is 0 Å². The van der Waals surface area contributed by atoms with Gasteiger partial charge in [0.1, 0.15) is 11.8 Å². The number of anilines is 1. The molecule has 3 N–H and O–H groups in total. The second-order valence-corrected chi connectivity index (χ2v) is 10.6. The molecule has 5 rings (SSSR count). The standard InChI is InChI=1S/C30H33N3O6/c1-39-22-10-6-20(7-11-22)17-30(13-2-3-14-30)29(38)32-25(28(36)37)16-19-4-8-21(9-5-19)33-26(34)23-12-15-31-18-24(23)27(33)35/h4-11,18,23,25,31H,2-3,12-17H2,1H3,(H,32,38)(H,36,37)/t23-,25-/m0/s1. The van der Waals surface area contributed by atoms with Crippen LogP contribution in [-0.2, 0) is 32.0 Å². The van der Waals surface area contributed by atoms with Gasteiger partial charge in [-0.3, -0.25) is 14.4 Å². The number of hydrogen-bond donors (Lipinski definition) is 3. The number of amides is 3. The summed E-state index contributed by atoms with van der Waals surface area (Å²) in [6.45, 7) is 0.643. The Morgan fingerprint density at radius 1 is 1.08 bits per heavy atom. The Bertz CT molecular complexity index is 1290. The number of fused-ring (bicyclic) bond motifs is 1. The third-order valence-electron chi connectivity index (χ3n) is 8.16. The van der Waals surface area contributed by atoms with Crippen molar-refractivity contribution >= 4 is 29.4 Å². The van der Waals surface area contributed by atoms with Gasteiger partial charge in [-0.1, -0.05) is 37.1 Å². The third kappa shape index (κ3) is 5.26. The number of nitrogens with zero attached hydrogens (tertiary/aromatic N) is 1. The van der Waals surface area contributed by atoms with Crippen LogP contribution in [0.1, 0.15) is 43.2 Å². The lowest BCUT2D eigenvalue weighted by molar-refractivity contribution is -0.143. The van der Waals surface area contributed by atoms with Gasteiger partial charge in [0.05, 0.1) is 24.1 Å². The molecule has 2 atom stereocenters. The van der Waals surface area contributed by atoms with Crippen molar-refractivity contribution in [3.63, 3.8) is 0 Å². The molecule has 1 aliphatic carbocycles. The predicted molar refractivity (Wildman–Crippen MR) is 144 cm³/mol. The first kappa shape index (κ1) is 26.5. The molecule has 0 unspecified atom stereocenters. The smallest absolute Gasteiger partial charge is 0.326 e. The molecule has 2 heterocycles. The number of rotatable bonds is 9. The van der Waals surface area contributed by atoms with Gasteiger partial charge in [0, 0.05) is 24.7 Å². The first-order chi connectivity index (χ1) is 18.8. The summed E-state index contributed by atoms with van der Waals surface area (Å²) < 4.78 is 5.23. The maximum absolute atomic E-state index is 13.5. The van der Waals surface area contributed by atoms with E-state index in [0.717, 1.165) is 24.2 Å². The van der Waals surface area contributed by atoms with Crippen LogP contribution >= 0.6 is 0 Å². The van der Waals surface area contributed by atoms with Gasteiger partial charge < -0.3 is 20.5 Å². The molecular formula is C30H33N3O6. The van der Waals surface area contributed by atoms with Crippen molar-refractivity contribution in [2.24, 2.45) is 11.3 Å². The van der Waals surface area contributed by atoms with Gasteiger partial charge >= 0.3 is 5.97 Å². The molecule has 204 valence electrons. The van der Waals surface area contributed by atoms with E-state index < -0.39 is 23.3 Å². The number of methoxy groups -OCH3 is 1. The molecule has 2 fully saturated rings.